The molecule has 1 amide bonds. The number of carbonyl (C=O) groups is 1. The Hall–Kier alpha value is -0.820. The lowest BCUT2D eigenvalue weighted by atomic mass is 10.2. The second-order valence-corrected chi connectivity index (χ2v) is 8.74. The number of hydrogen-bond donors (Lipinski definition) is 1. The number of sulfone groups is 1. The van der Waals surface area contributed by atoms with E-state index >= 15 is 0 Å². The van der Waals surface area contributed by atoms with E-state index in [1.54, 1.807) is 18.2 Å². The molecule has 1 aliphatic heterocycles. The highest BCUT2D eigenvalue weighted by Crippen LogP contribution is 2.23. The first kappa shape index (κ1) is 18.5. The van der Waals surface area contributed by atoms with Gasteiger partial charge in [-0.25, -0.2) is 8.42 Å². The summed E-state index contributed by atoms with van der Waals surface area (Å²) in [6, 6.07) is 4.87. The molecule has 0 saturated carbocycles. The van der Waals surface area contributed by atoms with Crippen LogP contribution in [0.5, 0.6) is 0 Å². The molecule has 1 saturated heterocycles. The molecule has 1 aromatic carbocycles. The molecule has 23 heavy (non-hydrogen) atoms. The Morgan fingerprint density at radius 3 is 2.48 bits per heavy atom. The van der Waals surface area contributed by atoms with Gasteiger partial charge in [-0.1, -0.05) is 30.1 Å². The van der Waals surface area contributed by atoms with Gasteiger partial charge in [-0.05, 0) is 31.2 Å². The topological polar surface area (TPSA) is 66.5 Å². The zero-order valence-electron chi connectivity index (χ0n) is 12.9. The van der Waals surface area contributed by atoms with Gasteiger partial charge in [0.05, 0.1) is 11.5 Å². The molecule has 0 bridgehead atoms. The molecule has 1 heterocycles. The summed E-state index contributed by atoms with van der Waals surface area (Å²) in [5, 5.41) is 3.67. The van der Waals surface area contributed by atoms with E-state index in [0.717, 1.165) is 6.54 Å². The minimum Gasteiger partial charge on any atom is -0.326 e. The Morgan fingerprint density at radius 2 is 1.96 bits per heavy atom. The summed E-state index contributed by atoms with van der Waals surface area (Å²) in [6.07, 6.45) is 0.927. The first-order chi connectivity index (χ1) is 10.8. The zero-order chi connectivity index (χ0) is 17.0. The zero-order valence-corrected chi connectivity index (χ0v) is 15.2. The van der Waals surface area contributed by atoms with Crippen LogP contribution >= 0.6 is 23.2 Å². The molecule has 2 rings (SSSR count). The Morgan fingerprint density at radius 1 is 1.30 bits per heavy atom. The molecular weight excluding hydrogens is 359 g/mol. The van der Waals surface area contributed by atoms with Gasteiger partial charge in [0, 0.05) is 34.7 Å². The molecule has 0 spiro atoms. The lowest BCUT2D eigenvalue weighted by Gasteiger charge is -2.26. The van der Waals surface area contributed by atoms with Gasteiger partial charge >= 0.3 is 0 Å². The number of halogens is 2. The number of nitrogens with zero attached hydrogens (tertiary/aromatic N) is 1. The number of hydrogen-bond acceptors (Lipinski definition) is 4. The van der Waals surface area contributed by atoms with Crippen molar-refractivity contribution in [1.82, 2.24) is 4.90 Å². The van der Waals surface area contributed by atoms with Crippen LogP contribution in [0.3, 0.4) is 0 Å². The number of carbonyl (C=O) groups excluding carboxylic acids is 1. The van der Waals surface area contributed by atoms with Crippen LogP contribution in [0.1, 0.15) is 19.8 Å². The Bertz CT molecular complexity index is 659. The standard InChI is InChI=1S/C15H20Cl2N2O3S/c1-2-19(14-4-6-23(21,22)10-14)5-3-15(20)18-13-8-11(16)7-12(17)9-13/h7-9,14H,2-6,10H2,1H3,(H,18,20). The first-order valence-electron chi connectivity index (χ1n) is 7.49. The predicted octanol–water partition coefficient (Wildman–Crippen LogP) is 2.83. The van der Waals surface area contributed by atoms with E-state index < -0.39 is 9.84 Å². The number of amides is 1. The van der Waals surface area contributed by atoms with Crippen LogP contribution in [0.25, 0.3) is 0 Å². The second-order valence-electron chi connectivity index (χ2n) is 5.64. The average Bonchev–Trinajstić information content (AvgIpc) is 2.78. The van der Waals surface area contributed by atoms with E-state index in [0.29, 0.717) is 28.7 Å². The second kappa shape index (κ2) is 7.83. The summed E-state index contributed by atoms with van der Waals surface area (Å²) in [7, 11) is -2.92. The molecule has 0 radical (unpaired) electrons. The summed E-state index contributed by atoms with van der Waals surface area (Å²) >= 11 is 11.8. The van der Waals surface area contributed by atoms with Crippen LogP contribution in [0.4, 0.5) is 5.69 Å². The van der Waals surface area contributed by atoms with Crippen molar-refractivity contribution in [3.8, 4) is 0 Å². The van der Waals surface area contributed by atoms with Gasteiger partial charge in [-0.3, -0.25) is 9.69 Å². The molecule has 0 aliphatic carbocycles. The molecule has 1 unspecified atom stereocenters. The average molecular weight is 379 g/mol. The van der Waals surface area contributed by atoms with E-state index in [-0.39, 0.29) is 29.9 Å². The fourth-order valence-corrected chi connectivity index (χ4v) is 5.04. The Kier molecular flexibility index (Phi) is 6.31. The highest BCUT2D eigenvalue weighted by Gasteiger charge is 2.31. The van der Waals surface area contributed by atoms with Crippen molar-refractivity contribution in [3.63, 3.8) is 0 Å². The molecular formula is C15H20Cl2N2O3S. The summed E-state index contributed by atoms with van der Waals surface area (Å²) < 4.78 is 23.1. The van der Waals surface area contributed by atoms with Crippen LogP contribution in [0, 0.1) is 0 Å². The van der Waals surface area contributed by atoms with Crippen LogP contribution in [-0.2, 0) is 14.6 Å². The third-order valence-corrected chi connectivity index (χ3v) is 6.09. The predicted molar refractivity (Wildman–Crippen MR) is 94.0 cm³/mol. The molecule has 0 aromatic heterocycles. The van der Waals surface area contributed by atoms with Gasteiger partial charge in [0.2, 0.25) is 5.91 Å². The van der Waals surface area contributed by atoms with Crippen LogP contribution in [0.2, 0.25) is 10.0 Å². The number of benzene rings is 1. The molecule has 1 aliphatic rings. The molecule has 1 fully saturated rings. The van der Waals surface area contributed by atoms with E-state index in [2.05, 4.69) is 10.2 Å². The quantitative estimate of drug-likeness (QED) is 0.826. The minimum absolute atomic E-state index is 0.0124. The van der Waals surface area contributed by atoms with E-state index in [1.165, 1.54) is 0 Å². The molecule has 8 heteroatoms. The van der Waals surface area contributed by atoms with Crippen molar-refractivity contribution in [2.45, 2.75) is 25.8 Å². The molecule has 1 atom stereocenters. The SMILES string of the molecule is CCN(CCC(=O)Nc1cc(Cl)cc(Cl)c1)C1CCS(=O)(=O)C1. The first-order valence-corrected chi connectivity index (χ1v) is 10.1. The van der Waals surface area contributed by atoms with Crippen molar-refractivity contribution in [1.29, 1.82) is 0 Å². The lowest BCUT2D eigenvalue weighted by molar-refractivity contribution is -0.116. The summed E-state index contributed by atoms with van der Waals surface area (Å²) in [6.45, 7) is 3.22. The third-order valence-electron chi connectivity index (χ3n) is 3.90. The van der Waals surface area contributed by atoms with Crippen molar-refractivity contribution in [3.05, 3.63) is 28.2 Å². The van der Waals surface area contributed by atoms with Gasteiger partial charge in [0.25, 0.3) is 0 Å². The van der Waals surface area contributed by atoms with Crippen LogP contribution in [0.15, 0.2) is 18.2 Å². The van der Waals surface area contributed by atoms with Gasteiger partial charge in [-0.15, -0.1) is 0 Å². The number of rotatable bonds is 6. The smallest absolute Gasteiger partial charge is 0.225 e. The van der Waals surface area contributed by atoms with Gasteiger partial charge < -0.3 is 5.32 Å². The lowest BCUT2D eigenvalue weighted by Crippen LogP contribution is -2.38. The van der Waals surface area contributed by atoms with Crippen molar-refractivity contribution < 1.29 is 13.2 Å². The van der Waals surface area contributed by atoms with Crippen LogP contribution in [-0.4, -0.2) is 49.9 Å². The number of nitrogens with one attached hydrogen (secondary N) is 1. The minimum atomic E-state index is -2.92. The maximum atomic E-state index is 12.1. The van der Waals surface area contributed by atoms with E-state index in [9.17, 15) is 13.2 Å². The molecule has 1 aromatic rings. The van der Waals surface area contributed by atoms with Crippen molar-refractivity contribution in [2.75, 3.05) is 29.9 Å². The maximum absolute atomic E-state index is 12.1. The van der Waals surface area contributed by atoms with Crippen molar-refractivity contribution in [2.24, 2.45) is 0 Å². The largest absolute Gasteiger partial charge is 0.326 e. The summed E-state index contributed by atoms with van der Waals surface area (Å²) in [4.78, 5) is 14.1. The normalized spacial score (nSPS) is 19.9. The van der Waals surface area contributed by atoms with Gasteiger partial charge in [0.1, 0.15) is 0 Å². The van der Waals surface area contributed by atoms with E-state index in [1.807, 2.05) is 6.92 Å². The highest BCUT2D eigenvalue weighted by molar-refractivity contribution is 7.91. The molecule has 128 valence electrons. The summed E-state index contributed by atoms with van der Waals surface area (Å²) in [5.41, 5.74) is 0.555. The fraction of sp³-hybridized carbons (Fsp3) is 0.533. The molecule has 5 nitrogen and oxygen atoms in total. The highest BCUT2D eigenvalue weighted by atomic mass is 35.5. The van der Waals surface area contributed by atoms with Gasteiger partial charge in [-0.2, -0.15) is 0 Å². The maximum Gasteiger partial charge on any atom is 0.225 e. The Balaban J connectivity index is 1.87. The Labute approximate surface area is 146 Å². The van der Waals surface area contributed by atoms with E-state index in [4.69, 9.17) is 23.2 Å². The van der Waals surface area contributed by atoms with Gasteiger partial charge in [0.15, 0.2) is 9.84 Å². The summed E-state index contributed by atoms with van der Waals surface area (Å²) in [5.74, 6) is 0.274. The monoisotopic (exact) mass is 378 g/mol. The molecule has 1 N–H and O–H groups in total. The third kappa shape index (κ3) is 5.64. The fourth-order valence-electron chi connectivity index (χ4n) is 2.76. The van der Waals surface area contributed by atoms with Crippen LogP contribution < -0.4 is 5.32 Å². The van der Waals surface area contributed by atoms with Crippen molar-refractivity contribution >= 4 is 44.6 Å². The number of anilines is 1.